The number of ether oxygens (including phenoxy) is 1. The average molecular weight is 220 g/mol. The Hall–Kier alpha value is -1.55. The number of hydrogen-bond acceptors (Lipinski definition) is 3. The smallest absolute Gasteiger partial charge is 0.211 e. The maximum atomic E-state index is 10.2. The molecule has 4 heteroatoms. The molecule has 0 saturated carbocycles. The zero-order valence-corrected chi connectivity index (χ0v) is 9.11. The van der Waals surface area contributed by atoms with E-state index in [9.17, 15) is 4.79 Å². The van der Waals surface area contributed by atoms with Crippen LogP contribution in [0.5, 0.6) is 5.75 Å². The number of piperidine rings is 1. The largest absolute Gasteiger partial charge is 0.490 e. The predicted octanol–water partition coefficient (Wildman–Crippen LogP) is 1.39. The summed E-state index contributed by atoms with van der Waals surface area (Å²) >= 11 is 0. The fraction of sp³-hybridized carbons (Fsp3) is 0.417. The number of carbonyl (C=O) groups excluding carboxylic acids is 1. The SMILES string of the molecule is O=CNc1ccc(OC2CCNCC2)cc1. The Balaban J connectivity index is 1.90. The van der Waals surface area contributed by atoms with Crippen LogP contribution in [0.25, 0.3) is 0 Å². The number of carbonyl (C=O) groups is 1. The van der Waals surface area contributed by atoms with Gasteiger partial charge in [0.05, 0.1) is 0 Å². The van der Waals surface area contributed by atoms with Gasteiger partial charge in [-0.3, -0.25) is 4.79 Å². The third kappa shape index (κ3) is 2.97. The number of rotatable bonds is 4. The minimum atomic E-state index is 0.311. The number of anilines is 1. The summed E-state index contributed by atoms with van der Waals surface area (Å²) in [5.41, 5.74) is 0.785. The Morgan fingerprint density at radius 3 is 2.56 bits per heavy atom. The lowest BCUT2D eigenvalue weighted by atomic mass is 10.1. The summed E-state index contributed by atoms with van der Waals surface area (Å²) in [4.78, 5) is 10.2. The lowest BCUT2D eigenvalue weighted by Gasteiger charge is -2.23. The molecule has 1 aliphatic heterocycles. The van der Waals surface area contributed by atoms with E-state index in [4.69, 9.17) is 4.74 Å². The topological polar surface area (TPSA) is 50.4 Å². The van der Waals surface area contributed by atoms with Gasteiger partial charge in [0, 0.05) is 5.69 Å². The molecule has 2 rings (SSSR count). The molecule has 1 saturated heterocycles. The first-order valence-electron chi connectivity index (χ1n) is 5.56. The Morgan fingerprint density at radius 1 is 1.25 bits per heavy atom. The minimum absolute atomic E-state index is 0.311. The fourth-order valence-electron chi connectivity index (χ4n) is 1.80. The van der Waals surface area contributed by atoms with Crippen molar-refractivity contribution >= 4 is 12.1 Å². The number of amides is 1. The van der Waals surface area contributed by atoms with E-state index < -0.39 is 0 Å². The second-order valence-corrected chi connectivity index (χ2v) is 3.85. The molecule has 0 aliphatic carbocycles. The van der Waals surface area contributed by atoms with Crippen LogP contribution in [0.15, 0.2) is 24.3 Å². The van der Waals surface area contributed by atoms with Crippen LogP contribution < -0.4 is 15.4 Å². The van der Waals surface area contributed by atoms with E-state index in [-0.39, 0.29) is 0 Å². The van der Waals surface area contributed by atoms with Crippen LogP contribution >= 0.6 is 0 Å². The quantitative estimate of drug-likeness (QED) is 0.754. The Kier molecular flexibility index (Phi) is 3.77. The average Bonchev–Trinajstić information content (AvgIpc) is 2.33. The van der Waals surface area contributed by atoms with Crippen molar-refractivity contribution < 1.29 is 9.53 Å². The molecular formula is C12H16N2O2. The first-order valence-corrected chi connectivity index (χ1v) is 5.56. The van der Waals surface area contributed by atoms with Crippen LogP contribution in [0.4, 0.5) is 5.69 Å². The van der Waals surface area contributed by atoms with Gasteiger partial charge in [-0.15, -0.1) is 0 Å². The van der Waals surface area contributed by atoms with Crippen LogP contribution in [0.3, 0.4) is 0 Å². The van der Waals surface area contributed by atoms with Crippen molar-refractivity contribution in [2.24, 2.45) is 0 Å². The van der Waals surface area contributed by atoms with Crippen LogP contribution in [-0.2, 0) is 4.79 Å². The molecule has 16 heavy (non-hydrogen) atoms. The molecule has 1 aromatic carbocycles. The molecule has 0 aromatic heterocycles. The zero-order chi connectivity index (χ0) is 11.2. The van der Waals surface area contributed by atoms with Gasteiger partial charge in [-0.1, -0.05) is 0 Å². The van der Waals surface area contributed by atoms with Crippen molar-refractivity contribution in [1.29, 1.82) is 0 Å². The van der Waals surface area contributed by atoms with Gasteiger partial charge < -0.3 is 15.4 Å². The lowest BCUT2D eigenvalue weighted by molar-refractivity contribution is -0.105. The monoisotopic (exact) mass is 220 g/mol. The summed E-state index contributed by atoms with van der Waals surface area (Å²) in [6.07, 6.45) is 3.08. The first kappa shape index (κ1) is 11.0. The summed E-state index contributed by atoms with van der Waals surface area (Å²) in [7, 11) is 0. The van der Waals surface area contributed by atoms with Gasteiger partial charge in [0.1, 0.15) is 11.9 Å². The van der Waals surface area contributed by atoms with Crippen molar-refractivity contribution in [2.75, 3.05) is 18.4 Å². The van der Waals surface area contributed by atoms with Gasteiger partial charge in [0.15, 0.2) is 0 Å². The Morgan fingerprint density at radius 2 is 1.94 bits per heavy atom. The van der Waals surface area contributed by atoms with E-state index in [0.717, 1.165) is 37.4 Å². The van der Waals surface area contributed by atoms with E-state index >= 15 is 0 Å². The minimum Gasteiger partial charge on any atom is -0.490 e. The number of nitrogens with one attached hydrogen (secondary N) is 2. The van der Waals surface area contributed by atoms with Crippen LogP contribution in [0.2, 0.25) is 0 Å². The zero-order valence-electron chi connectivity index (χ0n) is 9.11. The van der Waals surface area contributed by atoms with E-state index in [1.54, 1.807) is 0 Å². The third-order valence-electron chi connectivity index (χ3n) is 2.67. The first-order chi connectivity index (χ1) is 7.88. The van der Waals surface area contributed by atoms with Crippen molar-refractivity contribution in [3.05, 3.63) is 24.3 Å². The van der Waals surface area contributed by atoms with E-state index in [2.05, 4.69) is 10.6 Å². The van der Waals surface area contributed by atoms with Gasteiger partial charge in [0.25, 0.3) is 0 Å². The molecule has 0 atom stereocenters. The van der Waals surface area contributed by atoms with Crippen molar-refractivity contribution in [3.63, 3.8) is 0 Å². The van der Waals surface area contributed by atoms with E-state index in [1.807, 2.05) is 24.3 Å². The molecule has 0 radical (unpaired) electrons. The summed E-state index contributed by atoms with van der Waals surface area (Å²) in [6.45, 7) is 2.05. The third-order valence-corrected chi connectivity index (χ3v) is 2.67. The van der Waals surface area contributed by atoms with Crippen LogP contribution in [-0.4, -0.2) is 25.6 Å². The highest BCUT2D eigenvalue weighted by molar-refractivity contribution is 5.71. The molecule has 2 N–H and O–H groups in total. The molecule has 1 amide bonds. The highest BCUT2D eigenvalue weighted by atomic mass is 16.5. The van der Waals surface area contributed by atoms with Gasteiger partial charge in [-0.2, -0.15) is 0 Å². The molecule has 4 nitrogen and oxygen atoms in total. The molecular weight excluding hydrogens is 204 g/mol. The summed E-state index contributed by atoms with van der Waals surface area (Å²) < 4.78 is 5.83. The molecule has 0 unspecified atom stereocenters. The number of benzene rings is 1. The van der Waals surface area contributed by atoms with Crippen molar-refractivity contribution in [3.8, 4) is 5.75 Å². The Labute approximate surface area is 95.0 Å². The van der Waals surface area contributed by atoms with Gasteiger partial charge in [0.2, 0.25) is 6.41 Å². The summed E-state index contributed by atoms with van der Waals surface area (Å²) in [5, 5.41) is 5.89. The second-order valence-electron chi connectivity index (χ2n) is 3.85. The normalized spacial score (nSPS) is 16.8. The van der Waals surface area contributed by atoms with Gasteiger partial charge >= 0.3 is 0 Å². The Bertz CT molecular complexity index is 331. The fourth-order valence-corrected chi connectivity index (χ4v) is 1.80. The molecule has 0 spiro atoms. The maximum absolute atomic E-state index is 10.2. The summed E-state index contributed by atoms with van der Waals surface area (Å²) in [5.74, 6) is 0.864. The summed E-state index contributed by atoms with van der Waals surface area (Å²) in [6, 6.07) is 7.44. The van der Waals surface area contributed by atoms with E-state index in [0.29, 0.717) is 12.5 Å². The molecule has 86 valence electrons. The van der Waals surface area contributed by atoms with Gasteiger partial charge in [-0.05, 0) is 50.2 Å². The second kappa shape index (κ2) is 5.51. The molecule has 0 bridgehead atoms. The standard InChI is InChI=1S/C12H16N2O2/c15-9-14-10-1-3-11(4-2-10)16-12-5-7-13-8-6-12/h1-4,9,12-13H,5-8H2,(H,14,15). The highest BCUT2D eigenvalue weighted by Gasteiger charge is 2.13. The molecule has 1 fully saturated rings. The van der Waals surface area contributed by atoms with Crippen LogP contribution in [0, 0.1) is 0 Å². The van der Waals surface area contributed by atoms with Crippen molar-refractivity contribution in [1.82, 2.24) is 5.32 Å². The molecule has 1 heterocycles. The van der Waals surface area contributed by atoms with Gasteiger partial charge in [-0.25, -0.2) is 0 Å². The number of hydrogen-bond donors (Lipinski definition) is 2. The predicted molar refractivity (Wildman–Crippen MR) is 62.6 cm³/mol. The lowest BCUT2D eigenvalue weighted by Crippen LogP contribution is -2.34. The highest BCUT2D eigenvalue weighted by Crippen LogP contribution is 2.19. The van der Waals surface area contributed by atoms with Crippen LogP contribution in [0.1, 0.15) is 12.8 Å². The maximum Gasteiger partial charge on any atom is 0.211 e. The van der Waals surface area contributed by atoms with Crippen molar-refractivity contribution in [2.45, 2.75) is 18.9 Å². The van der Waals surface area contributed by atoms with E-state index in [1.165, 1.54) is 0 Å². The molecule has 1 aliphatic rings. The molecule has 1 aromatic rings.